The van der Waals surface area contributed by atoms with Gasteiger partial charge in [0, 0.05) is 11.1 Å². The normalized spacial score (nSPS) is 10.9. The molecule has 0 bridgehead atoms. The maximum atomic E-state index is 4.89. The molecule has 2 heteroatoms. The van der Waals surface area contributed by atoms with Crippen molar-refractivity contribution in [3.05, 3.63) is 101 Å². The highest BCUT2D eigenvalue weighted by Gasteiger charge is 2.14. The maximum Gasteiger partial charge on any atom is 0.0977 e. The summed E-state index contributed by atoms with van der Waals surface area (Å²) >= 11 is 0. The zero-order valence-corrected chi connectivity index (χ0v) is 16.6. The van der Waals surface area contributed by atoms with Crippen LogP contribution in [0.3, 0.4) is 0 Å². The number of anilines is 1. The van der Waals surface area contributed by atoms with Crippen molar-refractivity contribution in [1.82, 2.24) is 0 Å². The van der Waals surface area contributed by atoms with Crippen LogP contribution >= 0.6 is 0 Å². The summed E-state index contributed by atoms with van der Waals surface area (Å²) in [4.78, 5) is 0. The van der Waals surface area contributed by atoms with E-state index < -0.39 is 0 Å². The van der Waals surface area contributed by atoms with Gasteiger partial charge in [-0.3, -0.25) is 5.43 Å². The molecule has 138 valence electrons. The molecule has 2 nitrogen and oxygen atoms in total. The fourth-order valence-electron chi connectivity index (χ4n) is 3.28. The molecule has 1 N–H and O–H groups in total. The molecular formula is C25H28N2. The van der Waals surface area contributed by atoms with Crippen molar-refractivity contribution in [3.63, 3.8) is 0 Å². The van der Waals surface area contributed by atoms with Crippen LogP contribution in [0.25, 0.3) is 0 Å². The first-order valence-corrected chi connectivity index (χ1v) is 9.65. The molecule has 0 radical (unpaired) electrons. The van der Waals surface area contributed by atoms with Crippen LogP contribution in [0.4, 0.5) is 5.69 Å². The minimum absolute atomic E-state index is 0.429. The molecular weight excluding hydrogens is 328 g/mol. The second-order valence-electron chi connectivity index (χ2n) is 7.43. The number of hydrogen-bond acceptors (Lipinski definition) is 2. The smallest absolute Gasteiger partial charge is 0.0977 e. The highest BCUT2D eigenvalue weighted by Crippen LogP contribution is 2.32. The quantitative estimate of drug-likeness (QED) is 0.381. The largest absolute Gasteiger partial charge is 0.277 e. The van der Waals surface area contributed by atoms with E-state index in [4.69, 9.17) is 5.10 Å². The Bertz CT molecular complexity index is 826. The highest BCUT2D eigenvalue weighted by molar-refractivity contribution is 6.13. The van der Waals surface area contributed by atoms with Crippen molar-refractivity contribution >= 4 is 11.4 Å². The monoisotopic (exact) mass is 356 g/mol. The summed E-state index contributed by atoms with van der Waals surface area (Å²) in [5.74, 6) is 0.858. The molecule has 0 fully saturated rings. The van der Waals surface area contributed by atoms with E-state index in [1.165, 1.54) is 11.1 Å². The molecule has 3 rings (SSSR count). The summed E-state index contributed by atoms with van der Waals surface area (Å²) in [6, 6.07) is 27.2. The van der Waals surface area contributed by atoms with Crippen molar-refractivity contribution in [3.8, 4) is 0 Å². The molecule has 0 aliphatic rings. The Morgan fingerprint density at radius 3 is 1.48 bits per heavy atom. The van der Waals surface area contributed by atoms with Crippen LogP contribution in [0.1, 0.15) is 61.8 Å². The second-order valence-corrected chi connectivity index (χ2v) is 7.43. The summed E-state index contributed by atoms with van der Waals surface area (Å²) in [6.45, 7) is 8.90. The predicted molar refractivity (Wildman–Crippen MR) is 117 cm³/mol. The Kier molecular flexibility index (Phi) is 6.08. The van der Waals surface area contributed by atoms with E-state index >= 15 is 0 Å². The first kappa shape index (κ1) is 18.9. The van der Waals surface area contributed by atoms with Gasteiger partial charge in [-0.15, -0.1) is 0 Å². The molecule has 27 heavy (non-hydrogen) atoms. The van der Waals surface area contributed by atoms with E-state index in [9.17, 15) is 0 Å². The zero-order valence-electron chi connectivity index (χ0n) is 16.6. The first-order valence-electron chi connectivity index (χ1n) is 9.65. The van der Waals surface area contributed by atoms with Gasteiger partial charge in [-0.05, 0) is 23.0 Å². The van der Waals surface area contributed by atoms with Crippen LogP contribution in [-0.4, -0.2) is 5.71 Å². The lowest BCUT2D eigenvalue weighted by Gasteiger charge is -2.19. The van der Waals surface area contributed by atoms with E-state index in [0.29, 0.717) is 11.8 Å². The van der Waals surface area contributed by atoms with E-state index in [0.717, 1.165) is 22.5 Å². The molecule has 0 aromatic heterocycles. The van der Waals surface area contributed by atoms with Crippen LogP contribution in [0, 0.1) is 0 Å². The Morgan fingerprint density at radius 1 is 0.630 bits per heavy atom. The third-order valence-electron chi connectivity index (χ3n) is 4.75. The molecule has 0 unspecified atom stereocenters. The standard InChI is InChI=1S/C25H28N2/c1-18(2)22-16-11-17-23(19(3)4)25(22)27-26-24(20-12-7-5-8-13-20)21-14-9-6-10-15-21/h5-19,27H,1-4H3. The van der Waals surface area contributed by atoms with Gasteiger partial charge < -0.3 is 0 Å². The third kappa shape index (κ3) is 4.46. The van der Waals surface area contributed by atoms with E-state index in [-0.39, 0.29) is 0 Å². The molecule has 0 atom stereocenters. The van der Waals surface area contributed by atoms with Gasteiger partial charge in [0.2, 0.25) is 0 Å². The summed E-state index contributed by atoms with van der Waals surface area (Å²) in [6.07, 6.45) is 0. The van der Waals surface area contributed by atoms with Gasteiger partial charge in [-0.1, -0.05) is 107 Å². The van der Waals surface area contributed by atoms with Gasteiger partial charge in [-0.2, -0.15) is 5.10 Å². The minimum atomic E-state index is 0.429. The Labute approximate surface area is 163 Å². The first-order chi connectivity index (χ1) is 13.1. The predicted octanol–water partition coefficient (Wildman–Crippen LogP) is 6.80. The van der Waals surface area contributed by atoms with Crippen molar-refractivity contribution < 1.29 is 0 Å². The SMILES string of the molecule is CC(C)c1cccc(C(C)C)c1NN=C(c1ccccc1)c1ccccc1. The minimum Gasteiger partial charge on any atom is -0.277 e. The number of hydrogen-bond donors (Lipinski definition) is 1. The summed E-state index contributed by atoms with van der Waals surface area (Å²) in [5, 5.41) is 4.89. The summed E-state index contributed by atoms with van der Waals surface area (Å²) in [7, 11) is 0. The molecule has 0 spiro atoms. The Morgan fingerprint density at radius 2 is 1.07 bits per heavy atom. The van der Waals surface area contributed by atoms with Gasteiger partial charge in [0.05, 0.1) is 11.4 Å². The van der Waals surface area contributed by atoms with E-state index in [1.54, 1.807) is 0 Å². The Balaban J connectivity index is 2.08. The topological polar surface area (TPSA) is 24.4 Å². The van der Waals surface area contributed by atoms with Gasteiger partial charge in [0.25, 0.3) is 0 Å². The molecule has 0 heterocycles. The van der Waals surface area contributed by atoms with Crippen LogP contribution in [0.2, 0.25) is 0 Å². The van der Waals surface area contributed by atoms with Gasteiger partial charge >= 0.3 is 0 Å². The fraction of sp³-hybridized carbons (Fsp3) is 0.240. The van der Waals surface area contributed by atoms with Crippen molar-refractivity contribution in [1.29, 1.82) is 0 Å². The van der Waals surface area contributed by atoms with Gasteiger partial charge in [0.15, 0.2) is 0 Å². The fourth-order valence-corrected chi connectivity index (χ4v) is 3.28. The third-order valence-corrected chi connectivity index (χ3v) is 4.75. The molecule has 0 saturated heterocycles. The molecule has 0 saturated carbocycles. The molecule has 0 amide bonds. The summed E-state index contributed by atoms with van der Waals surface area (Å²) in [5.41, 5.74) is 10.3. The lowest BCUT2D eigenvalue weighted by atomic mass is 9.93. The zero-order chi connectivity index (χ0) is 19.2. The number of benzene rings is 3. The second kappa shape index (κ2) is 8.68. The van der Waals surface area contributed by atoms with E-state index in [2.05, 4.69) is 99.9 Å². The van der Waals surface area contributed by atoms with Crippen LogP contribution in [-0.2, 0) is 0 Å². The van der Waals surface area contributed by atoms with Crippen molar-refractivity contribution in [2.24, 2.45) is 5.10 Å². The van der Waals surface area contributed by atoms with Crippen molar-refractivity contribution in [2.75, 3.05) is 5.43 Å². The number of para-hydroxylation sites is 1. The molecule has 0 aliphatic carbocycles. The summed E-state index contributed by atoms with van der Waals surface area (Å²) < 4.78 is 0. The molecule has 3 aromatic carbocycles. The average molecular weight is 357 g/mol. The highest BCUT2D eigenvalue weighted by atomic mass is 15.3. The van der Waals surface area contributed by atoms with Gasteiger partial charge in [-0.25, -0.2) is 0 Å². The van der Waals surface area contributed by atoms with Crippen LogP contribution in [0.15, 0.2) is 84.0 Å². The number of hydrazone groups is 1. The van der Waals surface area contributed by atoms with Crippen LogP contribution in [0.5, 0.6) is 0 Å². The maximum absolute atomic E-state index is 4.89. The lowest BCUT2D eigenvalue weighted by Crippen LogP contribution is -2.09. The van der Waals surface area contributed by atoms with E-state index in [1.807, 2.05) is 12.1 Å². The average Bonchev–Trinajstić information content (AvgIpc) is 2.69. The van der Waals surface area contributed by atoms with Crippen LogP contribution < -0.4 is 5.43 Å². The number of nitrogens with zero attached hydrogens (tertiary/aromatic N) is 1. The van der Waals surface area contributed by atoms with Gasteiger partial charge in [0.1, 0.15) is 0 Å². The molecule has 0 aliphatic heterocycles. The van der Waals surface area contributed by atoms with Crippen molar-refractivity contribution in [2.45, 2.75) is 39.5 Å². The Hall–Kier alpha value is -2.87. The number of nitrogens with one attached hydrogen (secondary N) is 1. The molecule has 3 aromatic rings. The lowest BCUT2D eigenvalue weighted by molar-refractivity contribution is 0.835. The number of rotatable bonds is 6.